The fraction of sp³-hybridized carbons (Fsp3) is 0.333. The Kier molecular flexibility index (Phi) is 4.24. The molecule has 11 heteroatoms. The van der Waals surface area contributed by atoms with Crippen LogP contribution in [0, 0.1) is 10.1 Å². The Morgan fingerprint density at radius 1 is 1.40 bits per heavy atom. The van der Waals surface area contributed by atoms with Gasteiger partial charge >= 0.3 is 6.18 Å². The van der Waals surface area contributed by atoms with E-state index in [2.05, 4.69) is 0 Å². The number of nitro groups is 1. The maximum absolute atomic E-state index is 12.2. The highest BCUT2D eigenvalue weighted by atomic mass is 32.2. The van der Waals surface area contributed by atoms with E-state index in [1.807, 2.05) is 0 Å². The Morgan fingerprint density at radius 3 is 2.40 bits per heavy atom. The minimum atomic E-state index is -4.74. The first-order valence-corrected chi connectivity index (χ1v) is 6.46. The first kappa shape index (κ1) is 16.2. The van der Waals surface area contributed by atoms with Crippen molar-refractivity contribution < 1.29 is 26.5 Å². The lowest BCUT2D eigenvalue weighted by Gasteiger charge is -2.19. The predicted octanol–water partition coefficient (Wildman–Crippen LogP) is 1.36. The van der Waals surface area contributed by atoms with E-state index in [9.17, 15) is 31.7 Å². The first-order chi connectivity index (χ1) is 8.95. The Hall–Kier alpha value is -1.88. The van der Waals surface area contributed by atoms with E-state index in [0.717, 1.165) is 12.1 Å². The summed E-state index contributed by atoms with van der Waals surface area (Å²) in [6, 6.07) is 2.53. The van der Waals surface area contributed by atoms with Gasteiger partial charge in [0.1, 0.15) is 11.4 Å². The molecule has 0 spiro atoms. The lowest BCUT2D eigenvalue weighted by atomic mass is 10.3. The Labute approximate surface area is 112 Å². The van der Waals surface area contributed by atoms with Crippen molar-refractivity contribution in [2.24, 2.45) is 0 Å². The number of anilines is 1. The Balaban J connectivity index is 3.28. The molecule has 0 heterocycles. The van der Waals surface area contributed by atoms with Gasteiger partial charge in [-0.05, 0) is 6.07 Å². The van der Waals surface area contributed by atoms with E-state index in [1.54, 1.807) is 0 Å². The summed E-state index contributed by atoms with van der Waals surface area (Å²) < 4.78 is 60.5. The van der Waals surface area contributed by atoms with Crippen LogP contribution in [0.25, 0.3) is 0 Å². The summed E-state index contributed by atoms with van der Waals surface area (Å²) in [4.78, 5) is 8.96. The van der Waals surface area contributed by atoms with Gasteiger partial charge in [0.25, 0.3) is 5.69 Å². The van der Waals surface area contributed by atoms with Crippen molar-refractivity contribution in [2.75, 3.05) is 19.3 Å². The van der Waals surface area contributed by atoms with Crippen molar-refractivity contribution in [3.63, 3.8) is 0 Å². The van der Waals surface area contributed by atoms with Gasteiger partial charge in [0.2, 0.25) is 10.0 Å². The number of nitro benzene ring substituents is 1. The largest absolute Gasteiger partial charge is 0.402 e. The standard InChI is InChI=1S/C9H10F3N3O4S/c1-14(5-9(10,11)12)20(18,19)8-4-6(15(16)17)2-3-7(8)13/h2-4H,5,13H2,1H3. The van der Waals surface area contributed by atoms with Gasteiger partial charge in [-0.2, -0.15) is 17.5 Å². The normalized spacial score (nSPS) is 12.7. The van der Waals surface area contributed by atoms with Crippen LogP contribution in [0.1, 0.15) is 0 Å². The molecule has 0 saturated carbocycles. The monoisotopic (exact) mass is 313 g/mol. The average Bonchev–Trinajstić information content (AvgIpc) is 2.26. The maximum atomic E-state index is 12.2. The van der Waals surface area contributed by atoms with Crippen molar-refractivity contribution in [3.05, 3.63) is 28.3 Å². The van der Waals surface area contributed by atoms with Crippen molar-refractivity contribution >= 4 is 21.4 Å². The molecule has 1 rings (SSSR count). The molecule has 20 heavy (non-hydrogen) atoms. The molecule has 7 nitrogen and oxygen atoms in total. The number of sulfonamides is 1. The summed E-state index contributed by atoms with van der Waals surface area (Å²) in [6.45, 7) is -1.72. The Morgan fingerprint density at radius 2 is 1.95 bits per heavy atom. The fourth-order valence-corrected chi connectivity index (χ4v) is 2.65. The third kappa shape index (κ3) is 3.57. The van der Waals surface area contributed by atoms with Crippen LogP contribution < -0.4 is 5.73 Å². The lowest BCUT2D eigenvalue weighted by Crippen LogP contribution is -2.36. The maximum Gasteiger partial charge on any atom is 0.402 e. The van der Waals surface area contributed by atoms with Crippen LogP contribution >= 0.6 is 0 Å². The number of nitrogens with zero attached hydrogens (tertiary/aromatic N) is 2. The average molecular weight is 313 g/mol. The van der Waals surface area contributed by atoms with Crippen molar-refractivity contribution in [3.8, 4) is 0 Å². The quantitative estimate of drug-likeness (QED) is 0.513. The highest BCUT2D eigenvalue weighted by Gasteiger charge is 2.36. The highest BCUT2D eigenvalue weighted by Crippen LogP contribution is 2.28. The van der Waals surface area contributed by atoms with E-state index in [-0.39, 0.29) is 9.99 Å². The van der Waals surface area contributed by atoms with Crippen LogP contribution in [-0.4, -0.2) is 37.4 Å². The smallest absolute Gasteiger partial charge is 0.398 e. The molecule has 0 saturated heterocycles. The van der Waals surface area contributed by atoms with Gasteiger partial charge in [-0.25, -0.2) is 8.42 Å². The van der Waals surface area contributed by atoms with Gasteiger partial charge in [0, 0.05) is 19.2 Å². The molecule has 0 aliphatic heterocycles. The van der Waals surface area contributed by atoms with Gasteiger partial charge in [-0.15, -0.1) is 0 Å². The van der Waals surface area contributed by atoms with E-state index in [1.165, 1.54) is 0 Å². The fourth-order valence-electron chi connectivity index (χ4n) is 1.37. The number of rotatable bonds is 4. The number of hydrogen-bond acceptors (Lipinski definition) is 5. The molecule has 0 amide bonds. The SMILES string of the molecule is CN(CC(F)(F)F)S(=O)(=O)c1cc([N+](=O)[O-])ccc1N. The molecule has 0 radical (unpaired) electrons. The number of nitrogen functional groups attached to an aromatic ring is 1. The molecule has 0 aromatic heterocycles. The molecule has 0 aliphatic rings. The molecule has 0 bridgehead atoms. The molecule has 2 N–H and O–H groups in total. The zero-order valence-electron chi connectivity index (χ0n) is 10.1. The second kappa shape index (κ2) is 5.25. The van der Waals surface area contributed by atoms with Crippen LogP contribution in [0.2, 0.25) is 0 Å². The highest BCUT2D eigenvalue weighted by molar-refractivity contribution is 7.89. The zero-order valence-corrected chi connectivity index (χ0v) is 10.9. The number of alkyl halides is 3. The summed E-state index contributed by atoms with van der Waals surface area (Å²) in [6.07, 6.45) is -4.74. The molecule has 0 unspecified atom stereocenters. The zero-order chi connectivity index (χ0) is 15.7. The first-order valence-electron chi connectivity index (χ1n) is 5.02. The van der Waals surface area contributed by atoms with Crippen molar-refractivity contribution in [2.45, 2.75) is 11.1 Å². The van der Waals surface area contributed by atoms with Gasteiger partial charge in [-0.1, -0.05) is 0 Å². The summed E-state index contributed by atoms with van der Waals surface area (Å²) in [5, 5.41) is 10.6. The van der Waals surface area contributed by atoms with E-state index in [0.29, 0.717) is 13.1 Å². The summed E-state index contributed by atoms with van der Waals surface area (Å²) in [5.41, 5.74) is 4.41. The molecule has 112 valence electrons. The molecule has 0 aliphatic carbocycles. The lowest BCUT2D eigenvalue weighted by molar-refractivity contribution is -0.385. The van der Waals surface area contributed by atoms with Crippen LogP contribution in [-0.2, 0) is 10.0 Å². The van der Waals surface area contributed by atoms with E-state index >= 15 is 0 Å². The van der Waals surface area contributed by atoms with Crippen LogP contribution in [0.5, 0.6) is 0 Å². The third-order valence-corrected chi connectivity index (χ3v) is 4.16. The second-order valence-corrected chi connectivity index (χ2v) is 5.87. The molecule has 1 aromatic rings. The summed E-state index contributed by atoms with van der Waals surface area (Å²) in [5.74, 6) is 0. The van der Waals surface area contributed by atoms with Crippen LogP contribution in [0.3, 0.4) is 0 Å². The number of halogens is 3. The number of non-ortho nitro benzene ring substituents is 1. The summed E-state index contributed by atoms with van der Waals surface area (Å²) in [7, 11) is -3.87. The molecular formula is C9H10F3N3O4S. The minimum Gasteiger partial charge on any atom is -0.398 e. The number of nitrogens with two attached hydrogens (primary N) is 1. The van der Waals surface area contributed by atoms with E-state index in [4.69, 9.17) is 5.73 Å². The molecule has 0 atom stereocenters. The number of benzene rings is 1. The molecule has 1 aromatic carbocycles. The van der Waals surface area contributed by atoms with Crippen LogP contribution in [0.15, 0.2) is 23.1 Å². The van der Waals surface area contributed by atoms with Gasteiger partial charge in [0.15, 0.2) is 0 Å². The molecular weight excluding hydrogens is 303 g/mol. The third-order valence-electron chi connectivity index (χ3n) is 2.30. The second-order valence-electron chi connectivity index (χ2n) is 3.86. The van der Waals surface area contributed by atoms with Gasteiger partial charge < -0.3 is 5.73 Å². The van der Waals surface area contributed by atoms with Crippen LogP contribution in [0.4, 0.5) is 24.5 Å². The predicted molar refractivity (Wildman–Crippen MR) is 63.4 cm³/mol. The van der Waals surface area contributed by atoms with Gasteiger partial charge in [0.05, 0.1) is 10.6 Å². The Bertz CT molecular complexity index is 630. The summed E-state index contributed by atoms with van der Waals surface area (Å²) >= 11 is 0. The number of hydrogen-bond donors (Lipinski definition) is 1. The minimum absolute atomic E-state index is 0.0302. The topological polar surface area (TPSA) is 107 Å². The van der Waals surface area contributed by atoms with Crippen molar-refractivity contribution in [1.82, 2.24) is 4.31 Å². The van der Waals surface area contributed by atoms with E-state index < -0.39 is 38.3 Å². The van der Waals surface area contributed by atoms with Crippen molar-refractivity contribution in [1.29, 1.82) is 0 Å². The molecule has 0 fully saturated rings. The van der Waals surface area contributed by atoms with Gasteiger partial charge in [-0.3, -0.25) is 10.1 Å².